The van der Waals surface area contributed by atoms with Gasteiger partial charge >= 0.3 is 0 Å². The average Bonchev–Trinajstić information content (AvgIpc) is 2.58. The van der Waals surface area contributed by atoms with E-state index >= 15 is 0 Å². The summed E-state index contributed by atoms with van der Waals surface area (Å²) in [7, 11) is 0. The minimum atomic E-state index is 0.0377. The zero-order valence-electron chi connectivity index (χ0n) is 10.2. The van der Waals surface area contributed by atoms with E-state index in [0.29, 0.717) is 5.70 Å². The van der Waals surface area contributed by atoms with Gasteiger partial charge in [0.1, 0.15) is 11.5 Å². The maximum Gasteiger partial charge on any atom is 0.277 e. The summed E-state index contributed by atoms with van der Waals surface area (Å²) in [5, 5.41) is 0. The van der Waals surface area contributed by atoms with Crippen LogP contribution < -0.4 is 0 Å². The molecule has 3 heterocycles. The van der Waals surface area contributed by atoms with Gasteiger partial charge in [-0.05, 0) is 30.5 Å². The Bertz CT molecular complexity index is 519. The van der Waals surface area contributed by atoms with E-state index in [9.17, 15) is 4.79 Å². The lowest BCUT2D eigenvalue weighted by Gasteiger charge is -2.13. The lowest BCUT2D eigenvalue weighted by molar-refractivity contribution is -0.122. The molecule has 92 valence electrons. The molecule has 1 amide bonds. The Balaban J connectivity index is 1.91. The second kappa shape index (κ2) is 4.72. The maximum absolute atomic E-state index is 12.2. The van der Waals surface area contributed by atoms with Gasteiger partial charge in [0.2, 0.25) is 0 Å². The van der Waals surface area contributed by atoms with Crippen LogP contribution in [0.4, 0.5) is 0 Å². The van der Waals surface area contributed by atoms with E-state index in [0.717, 1.165) is 37.2 Å². The molecule has 3 rings (SSSR count). The van der Waals surface area contributed by atoms with Crippen LogP contribution in [0.15, 0.2) is 35.2 Å². The lowest BCUT2D eigenvalue weighted by Crippen LogP contribution is -2.31. The SMILES string of the molecule is O=C1/C(=C\c2cccnc2)N=C2CCCCCN12. The van der Waals surface area contributed by atoms with Crippen molar-refractivity contribution in [3.63, 3.8) is 0 Å². The number of amidine groups is 1. The van der Waals surface area contributed by atoms with Crippen LogP contribution in [0.2, 0.25) is 0 Å². The molecule has 1 saturated heterocycles. The molecule has 2 aliphatic heterocycles. The standard InChI is InChI=1S/C14H15N3O/c18-14-12(9-11-5-4-7-15-10-11)16-13-6-2-1-3-8-17(13)14/h4-5,7,9-10H,1-3,6,8H2/b12-9+. The first kappa shape index (κ1) is 11.1. The molecule has 0 bridgehead atoms. The largest absolute Gasteiger partial charge is 0.295 e. The highest BCUT2D eigenvalue weighted by Crippen LogP contribution is 2.23. The predicted molar refractivity (Wildman–Crippen MR) is 69.8 cm³/mol. The van der Waals surface area contributed by atoms with Gasteiger partial charge in [-0.2, -0.15) is 0 Å². The number of amides is 1. The highest BCUT2D eigenvalue weighted by atomic mass is 16.2. The van der Waals surface area contributed by atoms with Crippen molar-refractivity contribution in [3.05, 3.63) is 35.8 Å². The van der Waals surface area contributed by atoms with Crippen molar-refractivity contribution in [2.24, 2.45) is 4.99 Å². The first-order valence-electron chi connectivity index (χ1n) is 6.36. The fourth-order valence-corrected chi connectivity index (χ4v) is 2.37. The highest BCUT2D eigenvalue weighted by Gasteiger charge is 2.30. The molecule has 4 heteroatoms. The second-order valence-electron chi connectivity index (χ2n) is 4.61. The van der Waals surface area contributed by atoms with E-state index in [1.54, 1.807) is 12.4 Å². The van der Waals surface area contributed by atoms with Crippen LogP contribution in [0.1, 0.15) is 31.2 Å². The molecule has 2 aliphatic rings. The maximum atomic E-state index is 12.2. The van der Waals surface area contributed by atoms with E-state index in [2.05, 4.69) is 9.98 Å². The van der Waals surface area contributed by atoms with Gasteiger partial charge in [0.05, 0.1) is 0 Å². The van der Waals surface area contributed by atoms with Gasteiger partial charge in [-0.3, -0.25) is 14.7 Å². The second-order valence-corrected chi connectivity index (χ2v) is 4.61. The van der Waals surface area contributed by atoms with Crippen LogP contribution in [0, 0.1) is 0 Å². The van der Waals surface area contributed by atoms with E-state index in [4.69, 9.17) is 0 Å². The number of aromatic nitrogens is 1. The number of pyridine rings is 1. The van der Waals surface area contributed by atoms with Gasteiger partial charge in [0.25, 0.3) is 5.91 Å². The van der Waals surface area contributed by atoms with Crippen molar-refractivity contribution in [1.82, 2.24) is 9.88 Å². The van der Waals surface area contributed by atoms with Gasteiger partial charge < -0.3 is 0 Å². The number of nitrogens with zero attached hydrogens (tertiary/aromatic N) is 3. The monoisotopic (exact) mass is 241 g/mol. The van der Waals surface area contributed by atoms with E-state index in [1.807, 2.05) is 23.1 Å². The van der Waals surface area contributed by atoms with Crippen molar-refractivity contribution >= 4 is 17.8 Å². The van der Waals surface area contributed by atoms with E-state index < -0.39 is 0 Å². The Morgan fingerprint density at radius 3 is 3.06 bits per heavy atom. The topological polar surface area (TPSA) is 45.6 Å². The highest BCUT2D eigenvalue weighted by molar-refractivity contribution is 6.14. The Labute approximate surface area is 106 Å². The molecule has 18 heavy (non-hydrogen) atoms. The number of hydrogen-bond acceptors (Lipinski definition) is 3. The molecule has 0 spiro atoms. The van der Waals surface area contributed by atoms with Crippen molar-refractivity contribution < 1.29 is 4.79 Å². The summed E-state index contributed by atoms with van der Waals surface area (Å²) >= 11 is 0. The van der Waals surface area contributed by atoms with Crippen molar-refractivity contribution in [2.75, 3.05) is 6.54 Å². The Kier molecular flexibility index (Phi) is 2.92. The summed E-state index contributed by atoms with van der Waals surface area (Å²) in [5.41, 5.74) is 1.46. The Hall–Kier alpha value is -1.97. The summed E-state index contributed by atoms with van der Waals surface area (Å²) in [6.45, 7) is 0.808. The van der Waals surface area contributed by atoms with Crippen LogP contribution in [-0.2, 0) is 4.79 Å². The zero-order valence-corrected chi connectivity index (χ0v) is 10.2. The first-order chi connectivity index (χ1) is 8.84. The molecular weight excluding hydrogens is 226 g/mol. The van der Waals surface area contributed by atoms with Crippen molar-refractivity contribution in [2.45, 2.75) is 25.7 Å². The van der Waals surface area contributed by atoms with Gasteiger partial charge in [0, 0.05) is 25.4 Å². The van der Waals surface area contributed by atoms with Crippen LogP contribution in [0.3, 0.4) is 0 Å². The summed E-state index contributed by atoms with van der Waals surface area (Å²) in [5.74, 6) is 0.975. The van der Waals surface area contributed by atoms with E-state index in [1.165, 1.54) is 6.42 Å². The molecule has 1 aromatic rings. The number of rotatable bonds is 1. The van der Waals surface area contributed by atoms with Crippen LogP contribution in [-0.4, -0.2) is 28.2 Å². The smallest absolute Gasteiger partial charge is 0.277 e. The van der Waals surface area contributed by atoms with Crippen LogP contribution in [0.25, 0.3) is 6.08 Å². The Morgan fingerprint density at radius 1 is 1.28 bits per heavy atom. The minimum Gasteiger partial charge on any atom is -0.295 e. The van der Waals surface area contributed by atoms with Gasteiger partial charge in [-0.15, -0.1) is 0 Å². The fourth-order valence-electron chi connectivity index (χ4n) is 2.37. The summed E-state index contributed by atoms with van der Waals surface area (Å²) in [6.07, 6.45) is 9.58. The zero-order chi connectivity index (χ0) is 12.4. The van der Waals surface area contributed by atoms with Gasteiger partial charge in [0.15, 0.2) is 0 Å². The summed E-state index contributed by atoms with van der Waals surface area (Å²) in [4.78, 5) is 22.6. The number of carbonyl (C=O) groups excluding carboxylic acids is 1. The molecule has 1 fully saturated rings. The van der Waals surface area contributed by atoms with Gasteiger partial charge in [-0.25, -0.2) is 4.99 Å². The number of fused-ring (bicyclic) bond motifs is 1. The third kappa shape index (κ3) is 2.06. The average molecular weight is 241 g/mol. The van der Waals surface area contributed by atoms with Crippen LogP contribution >= 0.6 is 0 Å². The molecule has 1 aromatic heterocycles. The van der Waals surface area contributed by atoms with Crippen molar-refractivity contribution in [1.29, 1.82) is 0 Å². The molecule has 0 aliphatic carbocycles. The molecule has 0 saturated carbocycles. The molecule has 4 nitrogen and oxygen atoms in total. The summed E-state index contributed by atoms with van der Waals surface area (Å²) in [6, 6.07) is 3.79. The van der Waals surface area contributed by atoms with Gasteiger partial charge in [-0.1, -0.05) is 12.5 Å². The first-order valence-corrected chi connectivity index (χ1v) is 6.36. The normalized spacial score (nSPS) is 21.8. The number of carbonyl (C=O) groups is 1. The van der Waals surface area contributed by atoms with Crippen molar-refractivity contribution in [3.8, 4) is 0 Å². The molecule has 0 radical (unpaired) electrons. The molecule has 0 atom stereocenters. The number of hydrogen-bond donors (Lipinski definition) is 0. The molecular formula is C14H15N3O. The van der Waals surface area contributed by atoms with Crippen LogP contribution in [0.5, 0.6) is 0 Å². The molecule has 0 aromatic carbocycles. The third-order valence-corrected chi connectivity index (χ3v) is 3.30. The minimum absolute atomic E-state index is 0.0377. The third-order valence-electron chi connectivity index (χ3n) is 3.30. The van der Waals surface area contributed by atoms with E-state index in [-0.39, 0.29) is 5.91 Å². The molecule has 0 unspecified atom stereocenters. The lowest BCUT2D eigenvalue weighted by atomic mass is 10.2. The number of aliphatic imine (C=N–C) groups is 1. The Morgan fingerprint density at radius 2 is 2.22 bits per heavy atom. The summed E-state index contributed by atoms with van der Waals surface area (Å²) < 4.78 is 0. The molecule has 0 N–H and O–H groups in total. The predicted octanol–water partition coefficient (Wildman–Crippen LogP) is 2.24. The quantitative estimate of drug-likeness (QED) is 0.708. The fraction of sp³-hybridized carbons (Fsp3) is 0.357.